The minimum atomic E-state index is -0.504. The molecular weight excluding hydrogens is 575 g/mol. The molecule has 0 aliphatic rings. The summed E-state index contributed by atoms with van der Waals surface area (Å²) in [5.41, 5.74) is 7.72. The zero-order chi connectivity index (χ0) is 23.4. The quantitative estimate of drug-likeness (QED) is 0.223. The first kappa shape index (κ1) is 23.1. The van der Waals surface area contributed by atoms with Gasteiger partial charge in [0.1, 0.15) is 10.7 Å². The number of halogens is 2. The Hall–Kier alpha value is -3.09. The van der Waals surface area contributed by atoms with Gasteiger partial charge in [-0.1, -0.05) is 23.7 Å². The molecule has 2 aromatic carbocycles. The first-order chi connectivity index (χ1) is 15.9. The summed E-state index contributed by atoms with van der Waals surface area (Å²) in [6.07, 6.45) is 3.36. The van der Waals surface area contributed by atoms with Crippen LogP contribution in [0.4, 0.5) is 11.6 Å². The Morgan fingerprint density at radius 1 is 1.03 bits per heavy atom. The number of nitrogens with one attached hydrogen (secondary N) is 3. The van der Waals surface area contributed by atoms with E-state index in [-0.39, 0.29) is 0 Å². The second-order valence-electron chi connectivity index (χ2n) is 6.76. The number of carbonyl (C=O) groups excluding carboxylic acids is 2. The van der Waals surface area contributed by atoms with E-state index >= 15 is 0 Å². The molecule has 11 heteroatoms. The molecule has 0 aliphatic carbocycles. The third-order valence-electron chi connectivity index (χ3n) is 4.53. The van der Waals surface area contributed by atoms with Crippen molar-refractivity contribution in [1.29, 1.82) is 0 Å². The fourth-order valence-electron chi connectivity index (χ4n) is 2.87. The van der Waals surface area contributed by atoms with Crippen molar-refractivity contribution < 1.29 is 9.59 Å². The van der Waals surface area contributed by atoms with Gasteiger partial charge in [-0.15, -0.1) is 11.3 Å². The summed E-state index contributed by atoms with van der Waals surface area (Å²) in [6.45, 7) is 1.90. The predicted octanol–water partition coefficient (Wildman–Crippen LogP) is 4.98. The summed E-state index contributed by atoms with van der Waals surface area (Å²) in [5.74, 6) is -0.605. The van der Waals surface area contributed by atoms with Crippen LogP contribution in [-0.4, -0.2) is 26.8 Å². The van der Waals surface area contributed by atoms with Gasteiger partial charge in [-0.3, -0.25) is 20.4 Å². The summed E-state index contributed by atoms with van der Waals surface area (Å²) in [5, 5.41) is 6.11. The van der Waals surface area contributed by atoms with Gasteiger partial charge in [-0.2, -0.15) is 0 Å². The highest BCUT2D eigenvalue weighted by Crippen LogP contribution is 2.24. The number of carbonyl (C=O) groups is 2. The molecule has 0 atom stereocenters. The monoisotopic (exact) mass is 590 g/mol. The molecule has 3 N–H and O–H groups in total. The summed E-state index contributed by atoms with van der Waals surface area (Å²) in [4.78, 5) is 38.1. The van der Waals surface area contributed by atoms with Crippen LogP contribution in [0, 0.1) is 10.5 Å². The maximum absolute atomic E-state index is 12.6. The summed E-state index contributed by atoms with van der Waals surface area (Å²) >= 11 is 9.61. The zero-order valence-electron chi connectivity index (χ0n) is 17.1. The van der Waals surface area contributed by atoms with Crippen LogP contribution >= 0.6 is 45.5 Å². The van der Waals surface area contributed by atoms with Crippen LogP contribution in [0.25, 0.3) is 10.7 Å². The van der Waals surface area contributed by atoms with E-state index in [1.54, 1.807) is 54.9 Å². The van der Waals surface area contributed by atoms with Crippen molar-refractivity contribution in [2.45, 2.75) is 6.92 Å². The molecular formula is C22H16ClIN6O2S. The van der Waals surface area contributed by atoms with Crippen molar-refractivity contribution in [3.05, 3.63) is 85.5 Å². The van der Waals surface area contributed by atoms with Gasteiger partial charge in [0.05, 0.1) is 10.6 Å². The van der Waals surface area contributed by atoms with Crippen LogP contribution in [0.3, 0.4) is 0 Å². The average molecular weight is 591 g/mol. The van der Waals surface area contributed by atoms with Crippen LogP contribution < -0.4 is 16.2 Å². The molecule has 166 valence electrons. The second-order valence-corrected chi connectivity index (χ2v) is 9.23. The number of thiazole rings is 1. The molecule has 2 heterocycles. The van der Waals surface area contributed by atoms with Crippen molar-refractivity contribution >= 4 is 69.0 Å². The van der Waals surface area contributed by atoms with Crippen LogP contribution in [0.2, 0.25) is 5.02 Å². The predicted molar refractivity (Wildman–Crippen MR) is 137 cm³/mol. The van der Waals surface area contributed by atoms with Crippen LogP contribution in [-0.2, 0) is 0 Å². The Bertz CT molecular complexity index is 1310. The Morgan fingerprint density at radius 3 is 2.61 bits per heavy atom. The third kappa shape index (κ3) is 5.46. The number of hydrazine groups is 1. The van der Waals surface area contributed by atoms with Crippen molar-refractivity contribution in [2.75, 3.05) is 5.32 Å². The van der Waals surface area contributed by atoms with Crippen molar-refractivity contribution in [3.63, 3.8) is 0 Å². The molecule has 0 radical (unpaired) electrons. The van der Waals surface area contributed by atoms with Gasteiger partial charge in [-0.25, -0.2) is 15.0 Å². The van der Waals surface area contributed by atoms with E-state index in [1.807, 2.05) is 34.9 Å². The van der Waals surface area contributed by atoms with E-state index in [0.717, 1.165) is 10.6 Å². The van der Waals surface area contributed by atoms with Gasteiger partial charge in [0.25, 0.3) is 11.8 Å². The minimum absolute atomic E-state index is 0.295. The number of benzene rings is 2. The topological polar surface area (TPSA) is 109 Å². The molecule has 0 aliphatic heterocycles. The fourth-order valence-corrected chi connectivity index (χ4v) is 4.64. The highest BCUT2D eigenvalue weighted by atomic mass is 127. The first-order valence-electron chi connectivity index (χ1n) is 9.57. The molecule has 0 unspecified atom stereocenters. The molecule has 0 saturated carbocycles. The molecule has 8 nitrogen and oxygen atoms in total. The number of aromatic nitrogens is 3. The summed E-state index contributed by atoms with van der Waals surface area (Å²) in [7, 11) is 0. The average Bonchev–Trinajstić information content (AvgIpc) is 3.34. The van der Waals surface area contributed by atoms with Crippen LogP contribution in [0.15, 0.2) is 60.2 Å². The number of hydrogen-bond acceptors (Lipinski definition) is 7. The SMILES string of the molecule is Cc1ccc(C(=O)NNC(=O)c2c(Cl)cccc2I)cc1Nc1nccc(-c2nccs2)n1. The summed E-state index contributed by atoms with van der Waals surface area (Å²) < 4.78 is 0.675. The maximum Gasteiger partial charge on any atom is 0.272 e. The van der Waals surface area contributed by atoms with E-state index < -0.39 is 11.8 Å². The Morgan fingerprint density at radius 2 is 1.85 bits per heavy atom. The Labute approximate surface area is 212 Å². The Balaban J connectivity index is 1.47. The van der Waals surface area contributed by atoms with E-state index in [2.05, 4.69) is 31.1 Å². The highest BCUT2D eigenvalue weighted by Gasteiger charge is 2.16. The smallest absolute Gasteiger partial charge is 0.272 e. The van der Waals surface area contributed by atoms with Gasteiger partial charge in [0.2, 0.25) is 5.95 Å². The normalized spacial score (nSPS) is 10.5. The lowest BCUT2D eigenvalue weighted by atomic mass is 10.1. The Kier molecular flexibility index (Phi) is 7.16. The number of amides is 2. The minimum Gasteiger partial charge on any atom is -0.324 e. The van der Waals surface area contributed by atoms with Crippen molar-refractivity contribution in [2.24, 2.45) is 0 Å². The number of rotatable bonds is 5. The lowest BCUT2D eigenvalue weighted by Gasteiger charge is -2.12. The van der Waals surface area contributed by atoms with Crippen LogP contribution in [0.5, 0.6) is 0 Å². The number of nitrogens with zero attached hydrogens (tertiary/aromatic N) is 3. The lowest BCUT2D eigenvalue weighted by molar-refractivity contribution is 0.0846. The van der Waals surface area contributed by atoms with E-state index in [4.69, 9.17) is 11.6 Å². The molecule has 4 rings (SSSR count). The molecule has 0 saturated heterocycles. The number of anilines is 2. The third-order valence-corrected chi connectivity index (χ3v) is 6.54. The maximum atomic E-state index is 12.6. The molecule has 2 aromatic heterocycles. The second kappa shape index (κ2) is 10.2. The number of hydrogen-bond donors (Lipinski definition) is 3. The molecule has 0 bridgehead atoms. The molecule has 33 heavy (non-hydrogen) atoms. The standard InChI is InChI=1S/C22H16ClIN6O2S/c1-12-5-6-13(19(31)29-30-20(32)18-14(23)3-2-4-15(18)24)11-17(12)28-22-26-8-7-16(27-22)21-25-9-10-33-21/h2-11H,1H3,(H,29,31)(H,30,32)(H,26,27,28). The molecule has 0 fully saturated rings. The highest BCUT2D eigenvalue weighted by molar-refractivity contribution is 14.1. The van der Waals surface area contributed by atoms with Gasteiger partial charge >= 0.3 is 0 Å². The van der Waals surface area contributed by atoms with E-state index in [9.17, 15) is 9.59 Å². The van der Waals surface area contributed by atoms with Crippen LogP contribution in [0.1, 0.15) is 26.3 Å². The molecule has 4 aromatic rings. The van der Waals surface area contributed by atoms with E-state index in [0.29, 0.717) is 37.0 Å². The van der Waals surface area contributed by atoms with Gasteiger partial charge in [0, 0.05) is 32.6 Å². The van der Waals surface area contributed by atoms with Crippen molar-refractivity contribution in [1.82, 2.24) is 25.8 Å². The van der Waals surface area contributed by atoms with Gasteiger partial charge in [0.15, 0.2) is 0 Å². The fraction of sp³-hybridized carbons (Fsp3) is 0.0455. The van der Waals surface area contributed by atoms with Gasteiger partial charge in [-0.05, 0) is 65.4 Å². The van der Waals surface area contributed by atoms with Gasteiger partial charge < -0.3 is 5.32 Å². The molecule has 0 spiro atoms. The first-order valence-corrected chi connectivity index (χ1v) is 11.9. The zero-order valence-corrected chi connectivity index (χ0v) is 20.8. The number of aryl methyl sites for hydroxylation is 1. The lowest BCUT2D eigenvalue weighted by Crippen LogP contribution is -2.42. The van der Waals surface area contributed by atoms with Crippen molar-refractivity contribution in [3.8, 4) is 10.7 Å². The largest absolute Gasteiger partial charge is 0.324 e. The van der Waals surface area contributed by atoms with E-state index in [1.165, 1.54) is 11.3 Å². The summed E-state index contributed by atoms with van der Waals surface area (Å²) in [6, 6.07) is 12.0. The molecule has 2 amide bonds.